The Morgan fingerprint density at radius 3 is 3.00 bits per heavy atom. The van der Waals surface area contributed by atoms with Crippen LogP contribution in [0.1, 0.15) is 30.0 Å². The molecule has 2 aliphatic heterocycles. The van der Waals surface area contributed by atoms with Crippen molar-refractivity contribution in [1.82, 2.24) is 9.97 Å². The lowest BCUT2D eigenvalue weighted by molar-refractivity contribution is 0.238. The second-order valence-corrected chi connectivity index (χ2v) is 6.10. The van der Waals surface area contributed by atoms with Gasteiger partial charge in [0.15, 0.2) is 5.69 Å². The largest absolute Gasteiger partial charge is 0.463 e. The van der Waals surface area contributed by atoms with E-state index in [0.29, 0.717) is 36.3 Å². The van der Waals surface area contributed by atoms with Crippen molar-refractivity contribution in [2.75, 3.05) is 6.61 Å². The van der Waals surface area contributed by atoms with E-state index in [1.54, 1.807) is 18.0 Å². The van der Waals surface area contributed by atoms with Gasteiger partial charge in [0.1, 0.15) is 5.71 Å². The molecule has 23 heavy (non-hydrogen) atoms. The molecule has 0 bridgehead atoms. The number of nitrogens with zero attached hydrogens (tertiary/aromatic N) is 3. The number of oxazole rings is 1. The molecular weight excluding hydrogens is 314 g/mol. The SMILES string of the molecule is O/N=C1\CCOc2oc(C3=CCC=C(c4cccnc4)S3)nc21. The Labute approximate surface area is 136 Å². The third-order valence-corrected chi connectivity index (χ3v) is 4.73. The van der Waals surface area contributed by atoms with E-state index in [9.17, 15) is 0 Å². The van der Waals surface area contributed by atoms with Crippen molar-refractivity contribution >= 4 is 27.3 Å². The van der Waals surface area contributed by atoms with Gasteiger partial charge in [0, 0.05) is 29.3 Å². The summed E-state index contributed by atoms with van der Waals surface area (Å²) in [6.07, 6.45) is 9.10. The molecule has 2 aromatic heterocycles. The van der Waals surface area contributed by atoms with Crippen LogP contribution in [-0.4, -0.2) is 27.5 Å². The summed E-state index contributed by atoms with van der Waals surface area (Å²) in [4.78, 5) is 10.6. The van der Waals surface area contributed by atoms with Gasteiger partial charge in [-0.1, -0.05) is 35.1 Å². The van der Waals surface area contributed by atoms with Crippen molar-refractivity contribution in [2.45, 2.75) is 12.8 Å². The monoisotopic (exact) mass is 327 g/mol. The van der Waals surface area contributed by atoms with Crippen LogP contribution in [0.25, 0.3) is 9.81 Å². The van der Waals surface area contributed by atoms with Crippen molar-refractivity contribution in [3.63, 3.8) is 0 Å². The summed E-state index contributed by atoms with van der Waals surface area (Å²) >= 11 is 1.58. The Bertz CT molecular complexity index is 824. The Morgan fingerprint density at radius 2 is 2.17 bits per heavy atom. The minimum atomic E-state index is 0.318. The van der Waals surface area contributed by atoms with Gasteiger partial charge in [0.2, 0.25) is 5.89 Å². The maximum absolute atomic E-state index is 9.06. The summed E-state index contributed by atoms with van der Waals surface area (Å²) < 4.78 is 11.2. The second kappa shape index (κ2) is 5.92. The highest BCUT2D eigenvalue weighted by molar-refractivity contribution is 8.16. The number of oxime groups is 1. The zero-order valence-electron chi connectivity index (χ0n) is 12.1. The molecule has 4 rings (SSSR count). The van der Waals surface area contributed by atoms with Crippen molar-refractivity contribution < 1.29 is 14.4 Å². The number of allylic oxidation sites excluding steroid dienone is 2. The van der Waals surface area contributed by atoms with E-state index < -0.39 is 0 Å². The smallest absolute Gasteiger partial charge is 0.315 e. The summed E-state index contributed by atoms with van der Waals surface area (Å²) in [6, 6.07) is 3.94. The highest BCUT2D eigenvalue weighted by Crippen LogP contribution is 2.43. The maximum Gasteiger partial charge on any atom is 0.315 e. The first-order valence-electron chi connectivity index (χ1n) is 7.19. The molecule has 0 spiro atoms. The molecule has 7 heteroatoms. The molecule has 2 aliphatic rings. The molecule has 1 N–H and O–H groups in total. The van der Waals surface area contributed by atoms with E-state index in [0.717, 1.165) is 21.8 Å². The fourth-order valence-electron chi connectivity index (χ4n) is 2.44. The number of fused-ring (bicyclic) bond motifs is 1. The molecule has 0 aliphatic carbocycles. The van der Waals surface area contributed by atoms with Gasteiger partial charge in [-0.25, -0.2) is 4.98 Å². The summed E-state index contributed by atoms with van der Waals surface area (Å²) in [5.74, 6) is 0.801. The lowest BCUT2D eigenvalue weighted by atomic mass is 10.2. The predicted molar refractivity (Wildman–Crippen MR) is 87.3 cm³/mol. The molecule has 0 unspecified atom stereocenters. The van der Waals surface area contributed by atoms with Crippen LogP contribution < -0.4 is 4.74 Å². The molecule has 0 amide bonds. The van der Waals surface area contributed by atoms with E-state index >= 15 is 0 Å². The molecule has 0 radical (unpaired) electrons. The van der Waals surface area contributed by atoms with E-state index in [1.807, 2.05) is 18.3 Å². The highest BCUT2D eigenvalue weighted by Gasteiger charge is 2.27. The third kappa shape index (κ3) is 2.63. The van der Waals surface area contributed by atoms with Crippen LogP contribution in [0.3, 0.4) is 0 Å². The first-order chi connectivity index (χ1) is 11.3. The lowest BCUT2D eigenvalue weighted by Gasteiger charge is -2.12. The topological polar surface area (TPSA) is 80.7 Å². The van der Waals surface area contributed by atoms with Gasteiger partial charge in [0.05, 0.1) is 11.5 Å². The highest BCUT2D eigenvalue weighted by atomic mass is 32.2. The summed E-state index contributed by atoms with van der Waals surface area (Å²) in [5.41, 5.74) is 2.03. The molecule has 6 nitrogen and oxygen atoms in total. The molecule has 4 heterocycles. The molecule has 0 saturated carbocycles. The average molecular weight is 327 g/mol. The zero-order chi connectivity index (χ0) is 15.6. The standard InChI is InChI=1S/C16H13N3O3S/c20-19-11-6-8-21-16-14(11)18-15(22-16)13-5-1-4-12(23-13)10-3-2-7-17-9-10/h2-5,7,9,20H,1,6,8H2/b19-11+. The van der Waals surface area contributed by atoms with Crippen LogP contribution >= 0.6 is 11.8 Å². The van der Waals surface area contributed by atoms with Crippen LogP contribution in [-0.2, 0) is 0 Å². The van der Waals surface area contributed by atoms with Crippen molar-refractivity contribution in [2.24, 2.45) is 5.16 Å². The molecule has 0 aromatic carbocycles. The van der Waals surface area contributed by atoms with Crippen molar-refractivity contribution in [1.29, 1.82) is 0 Å². The van der Waals surface area contributed by atoms with Gasteiger partial charge in [-0.05, 0) is 12.5 Å². The minimum Gasteiger partial charge on any atom is -0.463 e. The van der Waals surface area contributed by atoms with Gasteiger partial charge in [-0.2, -0.15) is 0 Å². The number of aromatic nitrogens is 2. The van der Waals surface area contributed by atoms with Crippen LogP contribution in [0.2, 0.25) is 0 Å². The van der Waals surface area contributed by atoms with Crippen molar-refractivity contribution in [3.8, 4) is 5.95 Å². The van der Waals surface area contributed by atoms with Gasteiger partial charge >= 0.3 is 5.95 Å². The van der Waals surface area contributed by atoms with Gasteiger partial charge in [0.25, 0.3) is 0 Å². The Hall–Kier alpha value is -2.54. The van der Waals surface area contributed by atoms with Gasteiger partial charge < -0.3 is 14.4 Å². The fourth-order valence-corrected chi connectivity index (χ4v) is 3.45. The second-order valence-electron chi connectivity index (χ2n) is 5.02. The quantitative estimate of drug-likeness (QED) is 0.671. The van der Waals surface area contributed by atoms with Crippen LogP contribution in [0.5, 0.6) is 5.95 Å². The first-order valence-corrected chi connectivity index (χ1v) is 8.00. The van der Waals surface area contributed by atoms with Gasteiger partial charge in [-0.3, -0.25) is 4.98 Å². The molecule has 0 atom stereocenters. The number of pyridine rings is 1. The summed E-state index contributed by atoms with van der Waals surface area (Å²) in [7, 11) is 0. The molecular formula is C16H13N3O3S. The third-order valence-electron chi connectivity index (χ3n) is 3.55. The van der Waals surface area contributed by atoms with Crippen LogP contribution in [0, 0.1) is 0 Å². The molecule has 2 aromatic rings. The Balaban J connectivity index is 1.62. The number of rotatable bonds is 2. The van der Waals surface area contributed by atoms with E-state index in [-0.39, 0.29) is 0 Å². The number of hydrogen-bond acceptors (Lipinski definition) is 7. The van der Waals surface area contributed by atoms with Gasteiger partial charge in [-0.15, -0.1) is 0 Å². The summed E-state index contributed by atoms with van der Waals surface area (Å²) in [6.45, 7) is 0.425. The number of ether oxygens (including phenoxy) is 1. The normalized spacial score (nSPS) is 18.9. The fraction of sp³-hybridized carbons (Fsp3) is 0.188. The average Bonchev–Trinajstić information content (AvgIpc) is 3.07. The van der Waals surface area contributed by atoms with Crippen LogP contribution in [0.15, 0.2) is 46.3 Å². The zero-order valence-corrected chi connectivity index (χ0v) is 12.9. The Kier molecular flexibility index (Phi) is 3.63. The molecule has 0 fully saturated rings. The number of thioether (sulfide) groups is 1. The summed E-state index contributed by atoms with van der Waals surface area (Å²) in [5, 5.41) is 12.3. The lowest BCUT2D eigenvalue weighted by Crippen LogP contribution is -2.15. The minimum absolute atomic E-state index is 0.318. The first kappa shape index (κ1) is 14.1. The van der Waals surface area contributed by atoms with E-state index in [4.69, 9.17) is 14.4 Å². The van der Waals surface area contributed by atoms with E-state index in [2.05, 4.69) is 27.3 Å². The maximum atomic E-state index is 9.06. The molecule has 116 valence electrons. The van der Waals surface area contributed by atoms with Crippen LogP contribution in [0.4, 0.5) is 0 Å². The number of hydrogen-bond donors (Lipinski definition) is 1. The molecule has 0 saturated heterocycles. The van der Waals surface area contributed by atoms with E-state index in [1.165, 1.54) is 0 Å². The Morgan fingerprint density at radius 1 is 1.26 bits per heavy atom. The predicted octanol–water partition coefficient (Wildman–Crippen LogP) is 3.55. The van der Waals surface area contributed by atoms with Crippen molar-refractivity contribution in [3.05, 3.63) is 53.8 Å².